The molecule has 0 amide bonds. The molecule has 4 aromatic heterocycles. The summed E-state index contributed by atoms with van der Waals surface area (Å²) < 4.78 is 13.5. The van der Waals surface area contributed by atoms with Crippen molar-refractivity contribution >= 4 is 22.1 Å². The van der Waals surface area contributed by atoms with Gasteiger partial charge in [0.2, 0.25) is 0 Å². The molecule has 0 bridgehead atoms. The van der Waals surface area contributed by atoms with Gasteiger partial charge in [-0.3, -0.25) is 0 Å². The van der Waals surface area contributed by atoms with Gasteiger partial charge in [0.05, 0.1) is 5.69 Å². The number of halogens is 1. The number of aryl methyl sites for hydroxylation is 1. The molecular weight excluding hydrogens is 339 g/mol. The van der Waals surface area contributed by atoms with E-state index >= 15 is 0 Å². The molecular formula is C22H15FN4. The second kappa shape index (κ2) is 5.99. The molecule has 27 heavy (non-hydrogen) atoms. The summed E-state index contributed by atoms with van der Waals surface area (Å²) in [4.78, 5) is 16.8. The van der Waals surface area contributed by atoms with E-state index in [1.54, 1.807) is 18.5 Å². The monoisotopic (exact) mass is 354 g/mol. The first kappa shape index (κ1) is 15.6. The molecule has 0 aliphatic heterocycles. The van der Waals surface area contributed by atoms with Crippen molar-refractivity contribution in [3.8, 4) is 22.4 Å². The number of rotatable bonds is 2. The molecule has 1 aromatic carbocycles. The highest BCUT2D eigenvalue weighted by atomic mass is 19.1. The van der Waals surface area contributed by atoms with Crippen molar-refractivity contribution in [2.24, 2.45) is 0 Å². The van der Waals surface area contributed by atoms with Crippen LogP contribution in [0.2, 0.25) is 0 Å². The second-order valence-electron chi connectivity index (χ2n) is 6.49. The molecule has 0 atom stereocenters. The first-order chi connectivity index (χ1) is 13.2. The predicted octanol–water partition coefficient (Wildman–Crippen LogP) is 5.29. The largest absolute Gasteiger partial charge is 0.346 e. The van der Waals surface area contributed by atoms with Crippen LogP contribution in [0.5, 0.6) is 0 Å². The van der Waals surface area contributed by atoms with Crippen LogP contribution in [-0.4, -0.2) is 19.9 Å². The van der Waals surface area contributed by atoms with Crippen LogP contribution in [0.1, 0.15) is 5.56 Å². The molecule has 130 valence electrons. The van der Waals surface area contributed by atoms with Crippen molar-refractivity contribution in [1.29, 1.82) is 0 Å². The molecule has 0 unspecified atom stereocenters. The summed E-state index contributed by atoms with van der Waals surface area (Å²) in [6, 6.07) is 14.7. The Morgan fingerprint density at radius 2 is 1.67 bits per heavy atom. The zero-order valence-corrected chi connectivity index (χ0v) is 14.6. The number of pyridine rings is 3. The standard InChI is InChI=1S/C22H15FN4/c1-13-10-14(23)6-7-15(13)20-11-18(16-4-2-9-25-22(16)27-20)19-12-26-21-17(19)5-3-8-24-21/h2-12H,1H3,(H,24,26). The van der Waals surface area contributed by atoms with Crippen molar-refractivity contribution < 1.29 is 4.39 Å². The minimum absolute atomic E-state index is 0.252. The van der Waals surface area contributed by atoms with Gasteiger partial charge in [-0.1, -0.05) is 0 Å². The molecule has 5 heteroatoms. The average Bonchev–Trinajstić information content (AvgIpc) is 3.11. The maximum absolute atomic E-state index is 13.5. The maximum atomic E-state index is 13.5. The van der Waals surface area contributed by atoms with Gasteiger partial charge in [-0.05, 0) is 66.6 Å². The number of H-pyrrole nitrogens is 1. The molecule has 0 radical (unpaired) electrons. The minimum atomic E-state index is -0.252. The lowest BCUT2D eigenvalue weighted by atomic mass is 9.98. The van der Waals surface area contributed by atoms with Gasteiger partial charge in [-0.25, -0.2) is 19.3 Å². The summed E-state index contributed by atoms with van der Waals surface area (Å²) in [5, 5.41) is 2.00. The number of hydrogen-bond acceptors (Lipinski definition) is 3. The lowest BCUT2D eigenvalue weighted by molar-refractivity contribution is 0.627. The Morgan fingerprint density at radius 3 is 2.52 bits per heavy atom. The lowest BCUT2D eigenvalue weighted by Gasteiger charge is -2.11. The van der Waals surface area contributed by atoms with Gasteiger partial charge in [0.15, 0.2) is 5.65 Å². The Bertz CT molecular complexity index is 1310. The average molecular weight is 354 g/mol. The van der Waals surface area contributed by atoms with E-state index in [2.05, 4.69) is 15.0 Å². The third-order valence-corrected chi connectivity index (χ3v) is 4.79. The first-order valence-corrected chi connectivity index (χ1v) is 8.65. The molecule has 0 spiro atoms. The summed E-state index contributed by atoms with van der Waals surface area (Å²) in [6.45, 7) is 1.89. The second-order valence-corrected chi connectivity index (χ2v) is 6.49. The fourth-order valence-corrected chi connectivity index (χ4v) is 3.51. The molecule has 0 fully saturated rings. The number of nitrogens with zero attached hydrogens (tertiary/aromatic N) is 3. The zero-order valence-electron chi connectivity index (χ0n) is 14.6. The fraction of sp³-hybridized carbons (Fsp3) is 0.0455. The number of aromatic nitrogens is 4. The van der Waals surface area contributed by atoms with Gasteiger partial charge in [-0.15, -0.1) is 0 Å². The summed E-state index contributed by atoms with van der Waals surface area (Å²) in [5.74, 6) is -0.252. The Kier molecular flexibility index (Phi) is 3.47. The summed E-state index contributed by atoms with van der Waals surface area (Å²) in [5.41, 5.74) is 6.05. The van der Waals surface area contributed by atoms with Gasteiger partial charge in [0.1, 0.15) is 11.5 Å². The summed E-state index contributed by atoms with van der Waals surface area (Å²) >= 11 is 0. The molecule has 5 aromatic rings. The minimum Gasteiger partial charge on any atom is -0.346 e. The van der Waals surface area contributed by atoms with Crippen LogP contribution in [0.4, 0.5) is 4.39 Å². The van der Waals surface area contributed by atoms with E-state index in [-0.39, 0.29) is 5.82 Å². The Labute approximate surface area is 154 Å². The van der Waals surface area contributed by atoms with Gasteiger partial charge >= 0.3 is 0 Å². The SMILES string of the molecule is Cc1cc(F)ccc1-c1cc(-c2c[nH]c3ncccc23)c2cccnc2n1. The molecule has 0 aliphatic carbocycles. The molecule has 0 aliphatic rings. The topological polar surface area (TPSA) is 54.5 Å². The normalized spacial score (nSPS) is 11.3. The van der Waals surface area contributed by atoms with E-state index in [0.29, 0.717) is 5.65 Å². The third-order valence-electron chi connectivity index (χ3n) is 4.79. The van der Waals surface area contributed by atoms with Crippen LogP contribution >= 0.6 is 0 Å². The number of nitrogens with one attached hydrogen (secondary N) is 1. The van der Waals surface area contributed by atoms with Gasteiger partial charge < -0.3 is 4.98 Å². The van der Waals surface area contributed by atoms with Crippen LogP contribution in [-0.2, 0) is 0 Å². The van der Waals surface area contributed by atoms with E-state index in [1.807, 2.05) is 43.5 Å². The van der Waals surface area contributed by atoms with Gasteiger partial charge in [-0.2, -0.15) is 0 Å². The quantitative estimate of drug-likeness (QED) is 0.469. The first-order valence-electron chi connectivity index (χ1n) is 8.65. The number of fused-ring (bicyclic) bond motifs is 2. The number of hydrogen-bond donors (Lipinski definition) is 1. The zero-order chi connectivity index (χ0) is 18.4. The molecule has 4 heterocycles. The maximum Gasteiger partial charge on any atom is 0.160 e. The Hall–Kier alpha value is -3.60. The van der Waals surface area contributed by atoms with Crippen molar-refractivity contribution in [3.05, 3.63) is 78.5 Å². The molecule has 5 rings (SSSR count). The van der Waals surface area contributed by atoms with Crippen molar-refractivity contribution in [1.82, 2.24) is 19.9 Å². The third kappa shape index (κ3) is 2.56. The van der Waals surface area contributed by atoms with Gasteiger partial charge in [0, 0.05) is 40.5 Å². The van der Waals surface area contributed by atoms with E-state index in [0.717, 1.165) is 44.4 Å². The van der Waals surface area contributed by atoms with Crippen molar-refractivity contribution in [2.75, 3.05) is 0 Å². The van der Waals surface area contributed by atoms with Crippen LogP contribution in [0, 0.1) is 12.7 Å². The van der Waals surface area contributed by atoms with Crippen molar-refractivity contribution in [2.45, 2.75) is 6.92 Å². The van der Waals surface area contributed by atoms with E-state index in [9.17, 15) is 4.39 Å². The number of aromatic amines is 1. The van der Waals surface area contributed by atoms with E-state index < -0.39 is 0 Å². The highest BCUT2D eigenvalue weighted by molar-refractivity contribution is 6.03. The predicted molar refractivity (Wildman–Crippen MR) is 105 cm³/mol. The summed E-state index contributed by atoms with van der Waals surface area (Å²) in [7, 11) is 0. The van der Waals surface area contributed by atoms with E-state index in [4.69, 9.17) is 4.98 Å². The smallest absolute Gasteiger partial charge is 0.160 e. The molecule has 0 saturated heterocycles. The van der Waals surface area contributed by atoms with Crippen molar-refractivity contribution in [3.63, 3.8) is 0 Å². The lowest BCUT2D eigenvalue weighted by Crippen LogP contribution is -1.93. The molecule has 0 saturated carbocycles. The van der Waals surface area contributed by atoms with Crippen LogP contribution in [0.25, 0.3) is 44.5 Å². The summed E-state index contributed by atoms with van der Waals surface area (Å²) in [6.07, 6.45) is 5.46. The highest BCUT2D eigenvalue weighted by Gasteiger charge is 2.15. The fourth-order valence-electron chi connectivity index (χ4n) is 3.51. The Morgan fingerprint density at radius 1 is 0.852 bits per heavy atom. The van der Waals surface area contributed by atoms with Crippen LogP contribution in [0.15, 0.2) is 67.1 Å². The van der Waals surface area contributed by atoms with Gasteiger partial charge in [0.25, 0.3) is 0 Å². The molecule has 1 N–H and O–H groups in total. The molecule has 4 nitrogen and oxygen atoms in total. The highest BCUT2D eigenvalue weighted by Crippen LogP contribution is 2.35. The van der Waals surface area contributed by atoms with E-state index in [1.165, 1.54) is 12.1 Å². The Balaban J connectivity index is 1.84. The van der Waals surface area contributed by atoms with Crippen LogP contribution < -0.4 is 0 Å². The van der Waals surface area contributed by atoms with Crippen LogP contribution in [0.3, 0.4) is 0 Å². The number of benzene rings is 1.